The molecule has 238 valence electrons. The van der Waals surface area contributed by atoms with Gasteiger partial charge < -0.3 is 9.97 Å². The molecule has 0 amide bonds. The van der Waals surface area contributed by atoms with Crippen LogP contribution in [0, 0.1) is 36.5 Å². The molecule has 4 aromatic carbocycles. The van der Waals surface area contributed by atoms with E-state index in [1.165, 1.54) is 16.9 Å². The van der Waals surface area contributed by atoms with Gasteiger partial charge in [-0.3, -0.25) is 4.99 Å². The van der Waals surface area contributed by atoms with Crippen LogP contribution in [0.5, 0.6) is 0 Å². The molecule has 49 heavy (non-hydrogen) atoms. The van der Waals surface area contributed by atoms with Crippen molar-refractivity contribution in [1.29, 1.82) is 10.5 Å². The van der Waals surface area contributed by atoms with Crippen LogP contribution in [0.3, 0.4) is 0 Å². The topological polar surface area (TPSA) is 104 Å². The van der Waals surface area contributed by atoms with Crippen LogP contribution < -0.4 is 10.7 Å². The van der Waals surface area contributed by atoms with Crippen molar-refractivity contribution in [2.45, 2.75) is 40.5 Å². The Labute approximate surface area is 289 Å². The maximum atomic E-state index is 10.8. The molecule has 3 heterocycles. The fraction of sp³-hybridized carbons (Fsp3) is 0.143. The number of aromatic amines is 2. The molecule has 0 bridgehead atoms. The minimum absolute atomic E-state index is 0.431. The van der Waals surface area contributed by atoms with Crippen molar-refractivity contribution in [2.24, 2.45) is 4.99 Å². The Morgan fingerprint density at radius 3 is 2.14 bits per heavy atom. The predicted molar refractivity (Wildman–Crippen MR) is 202 cm³/mol. The summed E-state index contributed by atoms with van der Waals surface area (Å²) in [5.74, 6) is 0. The highest BCUT2D eigenvalue weighted by atomic mass is 32.1. The zero-order valence-electron chi connectivity index (χ0n) is 27.8. The van der Waals surface area contributed by atoms with Gasteiger partial charge in [-0.2, -0.15) is 10.5 Å². The molecule has 0 radical (unpaired) electrons. The van der Waals surface area contributed by atoms with E-state index in [9.17, 15) is 10.5 Å². The Balaban J connectivity index is 1.67. The maximum absolute atomic E-state index is 10.8. The first-order chi connectivity index (χ1) is 23.9. The van der Waals surface area contributed by atoms with Crippen molar-refractivity contribution in [2.75, 3.05) is 0 Å². The minimum atomic E-state index is 0.431. The summed E-state index contributed by atoms with van der Waals surface area (Å²) in [4.78, 5) is 17.2. The van der Waals surface area contributed by atoms with Crippen molar-refractivity contribution in [3.63, 3.8) is 0 Å². The quantitative estimate of drug-likeness (QED) is 0.167. The molecule has 0 unspecified atom stereocenters. The Hall–Kier alpha value is -6.02. The predicted octanol–water partition coefficient (Wildman–Crippen LogP) is 9.20. The van der Waals surface area contributed by atoms with E-state index in [2.05, 4.69) is 72.4 Å². The van der Waals surface area contributed by atoms with Crippen LogP contribution in [0.15, 0.2) is 102 Å². The zero-order chi connectivity index (χ0) is 34.1. The third-order valence-electron chi connectivity index (χ3n) is 8.94. The summed E-state index contributed by atoms with van der Waals surface area (Å²) >= 11 is 1.50. The van der Waals surface area contributed by atoms with E-state index >= 15 is 0 Å². The van der Waals surface area contributed by atoms with Gasteiger partial charge in [-0.15, -0.1) is 11.3 Å². The lowest BCUT2D eigenvalue weighted by Gasteiger charge is -2.05. The highest BCUT2D eigenvalue weighted by molar-refractivity contribution is 7.19. The fourth-order valence-electron chi connectivity index (χ4n) is 6.46. The molecule has 6 nitrogen and oxygen atoms in total. The summed E-state index contributed by atoms with van der Waals surface area (Å²) < 4.78 is 1.01. The van der Waals surface area contributed by atoms with Crippen LogP contribution in [0.4, 0.5) is 5.69 Å². The molecule has 7 heteroatoms. The number of benzene rings is 4. The lowest BCUT2D eigenvalue weighted by molar-refractivity contribution is 0.922. The fourth-order valence-corrected chi connectivity index (χ4v) is 7.42. The number of hydrogen-bond acceptors (Lipinski definition) is 5. The number of fused-ring (bicyclic) bond motifs is 2. The van der Waals surface area contributed by atoms with Crippen LogP contribution >= 0.6 is 11.3 Å². The summed E-state index contributed by atoms with van der Waals surface area (Å²) in [7, 11) is 0. The van der Waals surface area contributed by atoms with Gasteiger partial charge in [0.1, 0.15) is 22.7 Å². The summed E-state index contributed by atoms with van der Waals surface area (Å²) in [6.07, 6.45) is 2.05. The van der Waals surface area contributed by atoms with Crippen molar-refractivity contribution in [3.05, 3.63) is 129 Å². The largest absolute Gasteiger partial charge is 0.353 e. The Morgan fingerprint density at radius 2 is 1.45 bits per heavy atom. The van der Waals surface area contributed by atoms with Crippen molar-refractivity contribution >= 4 is 54.9 Å². The van der Waals surface area contributed by atoms with Gasteiger partial charge in [0.15, 0.2) is 0 Å². The van der Waals surface area contributed by atoms with Crippen LogP contribution in [0.2, 0.25) is 0 Å². The number of H-pyrrole nitrogens is 2. The molecular weight excluding hydrogens is 621 g/mol. The Morgan fingerprint density at radius 1 is 0.776 bits per heavy atom. The molecule has 0 aliphatic heterocycles. The number of aromatic nitrogens is 3. The molecule has 0 aliphatic carbocycles. The molecule has 0 fully saturated rings. The molecule has 0 saturated carbocycles. The summed E-state index contributed by atoms with van der Waals surface area (Å²) in [5, 5.41) is 25.3. The highest BCUT2D eigenvalue weighted by Crippen LogP contribution is 2.34. The number of nitriles is 2. The van der Waals surface area contributed by atoms with Crippen LogP contribution in [-0.2, 0) is 6.42 Å². The lowest BCUT2D eigenvalue weighted by Crippen LogP contribution is -2.13. The first-order valence-corrected chi connectivity index (χ1v) is 17.2. The smallest absolute Gasteiger partial charge is 0.137 e. The normalized spacial score (nSPS) is 13.0. The van der Waals surface area contributed by atoms with Gasteiger partial charge in [-0.1, -0.05) is 92.2 Å². The average Bonchev–Trinajstić information content (AvgIpc) is 3.82. The first kappa shape index (κ1) is 31.6. The van der Waals surface area contributed by atoms with Gasteiger partial charge in [0.05, 0.1) is 49.3 Å². The number of aliphatic imine (C=N–C) groups is 1. The number of nitrogens with zero attached hydrogens (tertiary/aromatic N) is 4. The SMILES string of the molecule is CCCc1ccc(-c2[nH]/c(=C(/C#N)c3nc4ccccc4s3)c3c(-c4ccccc4C)[nH]/c(=C(/C#N)C(C)=Nc4ccccc4C)c23)cc1. The van der Waals surface area contributed by atoms with E-state index in [1.807, 2.05) is 74.5 Å². The average molecular weight is 655 g/mol. The van der Waals surface area contributed by atoms with E-state index < -0.39 is 0 Å². The number of para-hydroxylation sites is 2. The number of hydrogen-bond donors (Lipinski definition) is 2. The molecule has 0 saturated heterocycles. The second-order valence-electron chi connectivity index (χ2n) is 12.2. The van der Waals surface area contributed by atoms with Crippen molar-refractivity contribution < 1.29 is 0 Å². The maximum Gasteiger partial charge on any atom is 0.137 e. The van der Waals surface area contributed by atoms with Crippen LogP contribution in [0.25, 0.3) is 54.7 Å². The molecule has 7 aromatic rings. The third kappa shape index (κ3) is 5.75. The van der Waals surface area contributed by atoms with E-state index in [-0.39, 0.29) is 0 Å². The number of nitrogens with one attached hydrogen (secondary N) is 2. The van der Waals surface area contributed by atoms with Crippen LogP contribution in [-0.4, -0.2) is 20.7 Å². The second-order valence-corrected chi connectivity index (χ2v) is 13.2. The molecule has 3 aromatic heterocycles. The van der Waals surface area contributed by atoms with E-state index in [0.717, 1.165) is 73.2 Å². The van der Waals surface area contributed by atoms with E-state index in [1.54, 1.807) is 0 Å². The Kier molecular flexibility index (Phi) is 8.53. The minimum Gasteiger partial charge on any atom is -0.353 e. The molecule has 7 rings (SSSR count). The second kappa shape index (κ2) is 13.2. The summed E-state index contributed by atoms with van der Waals surface area (Å²) in [6.45, 7) is 8.14. The van der Waals surface area contributed by atoms with Gasteiger partial charge >= 0.3 is 0 Å². The monoisotopic (exact) mass is 654 g/mol. The standard InChI is InChI=1S/C42H34N6S/c1-5-12-28-19-21-29(22-20-28)38-36-37(41(47-38)32(24-44)42-46-34-17-10-11-18-35(34)49-42)39(30-15-8-6-13-25(30)2)48-40(36)31(23-43)27(4)45-33-16-9-7-14-26(33)3/h6-11,13-22,47-48H,5,12H2,1-4H3/b40-31-,41-32-,45-27?. The number of rotatable bonds is 7. The number of thiazole rings is 1. The first-order valence-electron chi connectivity index (χ1n) is 16.4. The van der Waals surface area contributed by atoms with Gasteiger partial charge in [-0.25, -0.2) is 4.98 Å². The highest BCUT2D eigenvalue weighted by Gasteiger charge is 2.24. The summed E-state index contributed by atoms with van der Waals surface area (Å²) in [6, 6.07) is 37.6. The Bertz CT molecular complexity index is 2580. The van der Waals surface area contributed by atoms with Gasteiger partial charge in [-0.05, 0) is 67.6 Å². The molecular formula is C42H34N6S. The van der Waals surface area contributed by atoms with E-state index in [4.69, 9.17) is 9.98 Å². The van der Waals surface area contributed by atoms with Gasteiger partial charge in [0, 0.05) is 16.3 Å². The van der Waals surface area contributed by atoms with Crippen molar-refractivity contribution in [1.82, 2.24) is 15.0 Å². The lowest BCUT2D eigenvalue weighted by atomic mass is 10.0. The number of aryl methyl sites for hydroxylation is 3. The third-order valence-corrected chi connectivity index (χ3v) is 10.00. The van der Waals surface area contributed by atoms with Gasteiger partial charge in [0.25, 0.3) is 0 Å². The van der Waals surface area contributed by atoms with E-state index in [0.29, 0.717) is 32.6 Å². The zero-order valence-corrected chi connectivity index (χ0v) is 28.7. The van der Waals surface area contributed by atoms with Crippen LogP contribution in [0.1, 0.15) is 42.0 Å². The van der Waals surface area contributed by atoms with Crippen molar-refractivity contribution in [3.8, 4) is 34.7 Å². The molecule has 2 N–H and O–H groups in total. The molecule has 0 spiro atoms. The summed E-state index contributed by atoms with van der Waals surface area (Å²) in [5.41, 5.74) is 10.1. The molecule has 0 aliphatic rings. The molecule has 0 atom stereocenters. The van der Waals surface area contributed by atoms with Gasteiger partial charge in [0.2, 0.25) is 0 Å².